The number of hydrogen-bond acceptors (Lipinski definition) is 5. The van der Waals surface area contributed by atoms with Crippen LogP contribution in [0.5, 0.6) is 0 Å². The number of amides is 2. The van der Waals surface area contributed by atoms with Crippen molar-refractivity contribution in [1.82, 2.24) is 10.2 Å². The lowest BCUT2D eigenvalue weighted by molar-refractivity contribution is -0.141. The van der Waals surface area contributed by atoms with Crippen molar-refractivity contribution in [2.45, 2.75) is 32.1 Å². The maximum Gasteiger partial charge on any atom is 0.244 e. The number of piperidine rings is 1. The van der Waals surface area contributed by atoms with Crippen LogP contribution in [0.2, 0.25) is 0 Å². The molecule has 2 amide bonds. The second-order valence-electron chi connectivity index (χ2n) is 6.51. The maximum absolute atomic E-state index is 12.4. The predicted octanol–water partition coefficient (Wildman–Crippen LogP) is 1.98. The molecule has 1 N–H and O–H groups in total. The Balaban J connectivity index is 2.50. The summed E-state index contributed by atoms with van der Waals surface area (Å²) < 4.78 is 0. The van der Waals surface area contributed by atoms with Crippen LogP contribution in [0, 0.1) is 34.5 Å². The van der Waals surface area contributed by atoms with E-state index in [1.54, 1.807) is 24.3 Å². The van der Waals surface area contributed by atoms with Crippen LogP contribution in [0.1, 0.15) is 32.3 Å². The van der Waals surface area contributed by atoms with E-state index in [0.717, 1.165) is 19.6 Å². The second-order valence-corrected chi connectivity index (χ2v) is 6.51. The lowest BCUT2D eigenvalue weighted by Crippen LogP contribution is -2.60. The lowest BCUT2D eigenvalue weighted by Gasteiger charge is -2.43. The summed E-state index contributed by atoms with van der Waals surface area (Å²) in [6.07, 6.45) is 1.11. The van der Waals surface area contributed by atoms with Gasteiger partial charge in [0.2, 0.25) is 11.8 Å². The van der Waals surface area contributed by atoms with Crippen LogP contribution in [-0.2, 0) is 15.0 Å². The van der Waals surface area contributed by atoms with Gasteiger partial charge in [0.25, 0.3) is 0 Å². The quantitative estimate of drug-likeness (QED) is 0.757. The van der Waals surface area contributed by atoms with Crippen molar-refractivity contribution in [3.05, 3.63) is 35.9 Å². The smallest absolute Gasteiger partial charge is 0.244 e. The highest BCUT2D eigenvalue weighted by atomic mass is 16.2. The topological polar surface area (TPSA) is 97.0 Å². The summed E-state index contributed by atoms with van der Waals surface area (Å²) in [6, 6.07) is 13.2. The Morgan fingerprint density at radius 3 is 2.04 bits per heavy atom. The summed E-state index contributed by atoms with van der Waals surface area (Å²) in [5.41, 5.74) is -0.432. The van der Waals surface area contributed by atoms with Crippen LogP contribution < -0.4 is 5.32 Å². The summed E-state index contributed by atoms with van der Waals surface area (Å²) >= 11 is 0. The van der Waals surface area contributed by atoms with E-state index in [0.29, 0.717) is 18.4 Å². The van der Waals surface area contributed by atoms with Gasteiger partial charge in [0, 0.05) is 5.41 Å². The summed E-state index contributed by atoms with van der Waals surface area (Å²) in [5, 5.41) is 21.6. The molecule has 0 aromatic heterocycles. The van der Waals surface area contributed by atoms with Gasteiger partial charge in [-0.25, -0.2) is 0 Å². The third-order valence-electron chi connectivity index (χ3n) is 5.33. The van der Waals surface area contributed by atoms with E-state index >= 15 is 0 Å². The summed E-state index contributed by atoms with van der Waals surface area (Å²) in [6.45, 7) is 6.73. The molecule has 2 atom stereocenters. The van der Waals surface area contributed by atoms with Gasteiger partial charge in [0.05, 0.1) is 12.1 Å². The molecule has 1 aromatic rings. The van der Waals surface area contributed by atoms with Crippen molar-refractivity contribution < 1.29 is 9.59 Å². The molecule has 2 rings (SSSR count). The third-order valence-corrected chi connectivity index (χ3v) is 5.33. The molecule has 0 spiro atoms. The van der Waals surface area contributed by atoms with Crippen LogP contribution >= 0.6 is 0 Å². The van der Waals surface area contributed by atoms with Crippen molar-refractivity contribution >= 4 is 11.8 Å². The number of carbonyl (C=O) groups is 2. The number of imide groups is 1. The number of nitrogens with zero attached hydrogens (tertiary/aromatic N) is 3. The van der Waals surface area contributed by atoms with E-state index in [2.05, 4.69) is 36.2 Å². The number of carbonyl (C=O) groups excluding carboxylic acids is 2. The molecule has 0 saturated carbocycles. The summed E-state index contributed by atoms with van der Waals surface area (Å²) in [5.74, 6) is -3.39. The van der Waals surface area contributed by atoms with Gasteiger partial charge in [-0.05, 0) is 38.0 Å². The van der Waals surface area contributed by atoms with Crippen molar-refractivity contribution in [3.63, 3.8) is 0 Å². The van der Waals surface area contributed by atoms with Crippen LogP contribution in [0.15, 0.2) is 30.3 Å². The van der Waals surface area contributed by atoms with Gasteiger partial charge in [0.15, 0.2) is 0 Å². The van der Waals surface area contributed by atoms with Gasteiger partial charge >= 0.3 is 0 Å². The first-order valence-corrected chi connectivity index (χ1v) is 8.96. The molecular weight excluding hydrogens is 328 g/mol. The van der Waals surface area contributed by atoms with Gasteiger partial charge in [-0.1, -0.05) is 44.2 Å². The molecular formula is C20H24N4O2. The largest absolute Gasteiger partial charge is 0.304 e. The Hall–Kier alpha value is -2.70. The van der Waals surface area contributed by atoms with Crippen molar-refractivity contribution in [1.29, 1.82) is 10.5 Å². The highest BCUT2D eigenvalue weighted by molar-refractivity contribution is 6.04. The molecule has 26 heavy (non-hydrogen) atoms. The van der Waals surface area contributed by atoms with E-state index in [1.807, 2.05) is 6.07 Å². The van der Waals surface area contributed by atoms with E-state index in [1.165, 1.54) is 0 Å². The summed E-state index contributed by atoms with van der Waals surface area (Å²) in [4.78, 5) is 27.1. The molecule has 1 fully saturated rings. The molecule has 1 saturated heterocycles. The average Bonchev–Trinajstić information content (AvgIpc) is 2.66. The molecule has 136 valence electrons. The molecule has 0 aliphatic carbocycles. The number of hydrogen-bond donors (Lipinski definition) is 1. The van der Waals surface area contributed by atoms with E-state index < -0.39 is 29.1 Å². The number of nitrogens with one attached hydrogen (secondary N) is 1. The first kappa shape index (κ1) is 19.6. The van der Waals surface area contributed by atoms with Gasteiger partial charge in [-0.15, -0.1) is 0 Å². The van der Waals surface area contributed by atoms with E-state index in [-0.39, 0.29) is 0 Å². The first-order valence-electron chi connectivity index (χ1n) is 8.96. The average molecular weight is 352 g/mol. The monoisotopic (exact) mass is 352 g/mol. The highest BCUT2D eigenvalue weighted by Crippen LogP contribution is 2.46. The molecule has 6 nitrogen and oxygen atoms in total. The van der Waals surface area contributed by atoms with Gasteiger partial charge in [0.1, 0.15) is 11.8 Å². The van der Waals surface area contributed by atoms with Crippen molar-refractivity contribution in [2.24, 2.45) is 11.8 Å². The Bertz CT molecular complexity index is 696. The van der Waals surface area contributed by atoms with Gasteiger partial charge < -0.3 is 4.90 Å². The van der Waals surface area contributed by atoms with E-state index in [9.17, 15) is 20.1 Å². The number of rotatable bonds is 7. The molecule has 0 bridgehead atoms. The molecule has 1 aliphatic rings. The Morgan fingerprint density at radius 2 is 1.58 bits per heavy atom. The molecule has 1 heterocycles. The van der Waals surface area contributed by atoms with Crippen LogP contribution in [0.25, 0.3) is 0 Å². The Labute approximate surface area is 154 Å². The lowest BCUT2D eigenvalue weighted by atomic mass is 9.58. The van der Waals surface area contributed by atoms with Crippen LogP contribution in [-0.4, -0.2) is 36.3 Å². The number of benzene rings is 1. The van der Waals surface area contributed by atoms with Gasteiger partial charge in [-0.3, -0.25) is 14.9 Å². The first-order chi connectivity index (χ1) is 12.5. The molecule has 0 radical (unpaired) electrons. The number of nitriles is 2. The summed E-state index contributed by atoms with van der Waals surface area (Å²) in [7, 11) is 0. The predicted molar refractivity (Wildman–Crippen MR) is 96.5 cm³/mol. The minimum absolute atomic E-state index is 0.420. The minimum Gasteiger partial charge on any atom is -0.304 e. The van der Waals surface area contributed by atoms with Gasteiger partial charge in [-0.2, -0.15) is 10.5 Å². The SMILES string of the molecule is CCN(CC)CCCC1(c2ccccc2)C(C#N)C(=O)NC(=O)C1C#N. The Kier molecular flexibility index (Phi) is 6.49. The van der Waals surface area contributed by atoms with Crippen molar-refractivity contribution in [3.8, 4) is 12.1 Å². The van der Waals surface area contributed by atoms with Crippen molar-refractivity contribution in [2.75, 3.05) is 19.6 Å². The maximum atomic E-state index is 12.4. The molecule has 1 aliphatic heterocycles. The Morgan fingerprint density at radius 1 is 1.04 bits per heavy atom. The highest BCUT2D eigenvalue weighted by Gasteiger charge is 2.57. The zero-order chi connectivity index (χ0) is 19.2. The fraction of sp³-hybridized carbons (Fsp3) is 0.500. The van der Waals surface area contributed by atoms with E-state index in [4.69, 9.17) is 0 Å². The molecule has 2 unspecified atom stereocenters. The molecule has 1 aromatic carbocycles. The zero-order valence-electron chi connectivity index (χ0n) is 15.2. The minimum atomic E-state index is -1.13. The fourth-order valence-electron chi connectivity index (χ4n) is 3.90. The molecule has 6 heteroatoms. The normalized spacial score (nSPS) is 25.4. The van der Waals surface area contributed by atoms with Crippen LogP contribution in [0.3, 0.4) is 0 Å². The fourth-order valence-corrected chi connectivity index (χ4v) is 3.90. The zero-order valence-corrected chi connectivity index (χ0v) is 15.2. The second kappa shape index (κ2) is 8.60. The standard InChI is InChI=1S/C20H24N4O2/c1-3-24(4-2)12-8-11-20(15-9-6-5-7-10-15)16(13-21)18(25)23-19(26)17(20)14-22/h5-7,9-10,16-17H,3-4,8,11-12H2,1-2H3,(H,23,25,26). The van der Waals surface area contributed by atoms with Crippen LogP contribution in [0.4, 0.5) is 0 Å². The third kappa shape index (κ3) is 3.47.